The first kappa shape index (κ1) is 11.5. The number of rotatable bonds is 2. The fraction of sp³-hybridized carbons (Fsp3) is 0.0667. The van der Waals surface area contributed by atoms with E-state index < -0.39 is 0 Å². The average molecular weight is 251 g/mol. The van der Waals surface area contributed by atoms with Crippen LogP contribution in [0.15, 0.2) is 53.3 Å². The molecule has 3 rings (SSSR count). The summed E-state index contributed by atoms with van der Waals surface area (Å²) in [6.07, 6.45) is 1.46. The molecule has 0 atom stereocenters. The van der Waals surface area contributed by atoms with Crippen LogP contribution in [-0.2, 0) is 9.53 Å². The Labute approximate surface area is 110 Å². The molecular weight excluding hydrogens is 240 g/mol. The largest absolute Gasteiger partial charge is 0.494 e. The van der Waals surface area contributed by atoms with Crippen molar-refractivity contribution in [2.24, 2.45) is 5.10 Å². The van der Waals surface area contributed by atoms with Crippen molar-refractivity contribution in [2.75, 3.05) is 7.11 Å². The molecule has 0 fully saturated rings. The van der Waals surface area contributed by atoms with Crippen LogP contribution in [0.25, 0.3) is 16.3 Å². The highest BCUT2D eigenvalue weighted by molar-refractivity contribution is 6.27. The summed E-state index contributed by atoms with van der Waals surface area (Å²) in [5.41, 5.74) is 4.85. The third-order valence-electron chi connectivity index (χ3n) is 3.06. The van der Waals surface area contributed by atoms with Gasteiger partial charge < -0.3 is 4.74 Å². The molecule has 0 N–H and O–H groups in total. The van der Waals surface area contributed by atoms with Crippen molar-refractivity contribution >= 4 is 28.5 Å². The quantitative estimate of drug-likeness (QED) is 0.822. The third-order valence-corrected chi connectivity index (χ3v) is 3.06. The second kappa shape index (κ2) is 4.57. The molecule has 2 aromatic rings. The first-order chi connectivity index (χ1) is 9.31. The summed E-state index contributed by atoms with van der Waals surface area (Å²) in [5, 5.41) is 5.70. The first-order valence-corrected chi connectivity index (χ1v) is 5.86. The summed E-state index contributed by atoms with van der Waals surface area (Å²) in [7, 11) is 1.52. The number of methoxy groups -OCH3 is 1. The first-order valence-electron chi connectivity index (χ1n) is 5.86. The molecule has 0 saturated carbocycles. The van der Waals surface area contributed by atoms with E-state index in [1.165, 1.54) is 13.3 Å². The van der Waals surface area contributed by atoms with E-state index in [2.05, 4.69) is 10.5 Å². The van der Waals surface area contributed by atoms with Gasteiger partial charge in [0.1, 0.15) is 0 Å². The van der Waals surface area contributed by atoms with Gasteiger partial charge in [-0.1, -0.05) is 42.5 Å². The van der Waals surface area contributed by atoms with Gasteiger partial charge in [-0.2, -0.15) is 5.10 Å². The molecule has 1 aliphatic rings. The molecule has 93 valence electrons. The molecule has 1 aliphatic heterocycles. The number of fused-ring (bicyclic) bond motifs is 1. The third kappa shape index (κ3) is 1.87. The molecule has 1 amide bonds. The molecule has 1 radical (unpaired) electrons. The number of hydrogen-bond donors (Lipinski definition) is 0. The lowest BCUT2D eigenvalue weighted by Gasteiger charge is -2.14. The number of nitrogens with zero attached hydrogens (tertiary/aromatic N) is 2. The molecule has 19 heavy (non-hydrogen) atoms. The summed E-state index contributed by atoms with van der Waals surface area (Å²) >= 11 is 0. The number of hydrogen-bond acceptors (Lipinski definition) is 3. The van der Waals surface area contributed by atoms with Crippen LogP contribution in [0.4, 0.5) is 0 Å². The van der Waals surface area contributed by atoms with Crippen LogP contribution in [0, 0.1) is 0 Å². The highest BCUT2D eigenvalue weighted by Crippen LogP contribution is 2.28. The number of allylic oxidation sites excluding steroid dienone is 1. The summed E-state index contributed by atoms with van der Waals surface area (Å²) in [6.45, 7) is 0. The second-order valence-corrected chi connectivity index (χ2v) is 4.12. The molecule has 1 heterocycles. The van der Waals surface area contributed by atoms with Crippen molar-refractivity contribution < 1.29 is 9.53 Å². The van der Waals surface area contributed by atoms with E-state index >= 15 is 0 Å². The van der Waals surface area contributed by atoms with Gasteiger partial charge in [-0.25, -0.2) is 0 Å². The van der Waals surface area contributed by atoms with Gasteiger partial charge in [0.15, 0.2) is 5.76 Å². The van der Waals surface area contributed by atoms with E-state index in [9.17, 15) is 4.79 Å². The van der Waals surface area contributed by atoms with Crippen molar-refractivity contribution in [2.45, 2.75) is 0 Å². The Balaban J connectivity index is 2.32. The molecule has 2 aromatic carbocycles. The van der Waals surface area contributed by atoms with Crippen LogP contribution < -0.4 is 5.43 Å². The fourth-order valence-corrected chi connectivity index (χ4v) is 2.20. The molecular formula is C15H11N2O2. The minimum absolute atomic E-state index is 0.379. The lowest BCUT2D eigenvalue weighted by molar-refractivity contribution is -0.116. The Morgan fingerprint density at radius 1 is 1.05 bits per heavy atom. The molecule has 0 spiro atoms. The van der Waals surface area contributed by atoms with Crippen LogP contribution in [0.3, 0.4) is 0 Å². The van der Waals surface area contributed by atoms with E-state index in [-0.39, 0.29) is 5.91 Å². The van der Waals surface area contributed by atoms with Crippen LogP contribution >= 0.6 is 0 Å². The van der Waals surface area contributed by atoms with Gasteiger partial charge in [0.25, 0.3) is 5.91 Å². The van der Waals surface area contributed by atoms with E-state index in [0.29, 0.717) is 11.3 Å². The zero-order valence-corrected chi connectivity index (χ0v) is 10.3. The highest BCUT2D eigenvalue weighted by atomic mass is 16.5. The van der Waals surface area contributed by atoms with Gasteiger partial charge in [-0.3, -0.25) is 4.79 Å². The number of benzene rings is 2. The van der Waals surface area contributed by atoms with Gasteiger partial charge in [0.2, 0.25) is 0 Å². The SMILES string of the molecule is COC1=C(c2cccc3ccccc23)C(=O)[N]N=C1. The predicted molar refractivity (Wildman–Crippen MR) is 73.5 cm³/mol. The summed E-state index contributed by atoms with van der Waals surface area (Å²) in [6, 6.07) is 13.7. The van der Waals surface area contributed by atoms with Crippen molar-refractivity contribution in [1.82, 2.24) is 5.43 Å². The molecule has 0 bridgehead atoms. The Hall–Kier alpha value is -2.62. The lowest BCUT2D eigenvalue weighted by atomic mass is 9.96. The normalized spacial score (nSPS) is 14.7. The zero-order valence-electron chi connectivity index (χ0n) is 10.3. The molecule has 0 saturated heterocycles. The molecule has 0 aliphatic carbocycles. The number of amides is 1. The second-order valence-electron chi connectivity index (χ2n) is 4.12. The zero-order chi connectivity index (χ0) is 13.2. The van der Waals surface area contributed by atoms with Gasteiger partial charge in [-0.05, 0) is 16.3 Å². The maximum atomic E-state index is 12.0. The predicted octanol–water partition coefficient (Wildman–Crippen LogP) is 2.33. The highest BCUT2D eigenvalue weighted by Gasteiger charge is 2.23. The van der Waals surface area contributed by atoms with Gasteiger partial charge in [-0.15, -0.1) is 5.43 Å². The van der Waals surface area contributed by atoms with Gasteiger partial charge in [0.05, 0.1) is 18.9 Å². The molecule has 0 unspecified atom stereocenters. The maximum absolute atomic E-state index is 12.0. The van der Waals surface area contributed by atoms with Gasteiger partial charge >= 0.3 is 0 Å². The van der Waals surface area contributed by atoms with Crippen molar-refractivity contribution in [1.29, 1.82) is 0 Å². The van der Waals surface area contributed by atoms with E-state index in [4.69, 9.17) is 4.74 Å². The smallest absolute Gasteiger partial charge is 0.299 e. The molecule has 4 nitrogen and oxygen atoms in total. The molecule has 0 aromatic heterocycles. The maximum Gasteiger partial charge on any atom is 0.299 e. The standard InChI is InChI=1S/C15H11N2O2/c1-19-13-9-16-17-15(18)14(13)12-8-4-6-10-5-2-3-7-11(10)12/h2-9H,1H3. The van der Waals surface area contributed by atoms with Crippen LogP contribution in [-0.4, -0.2) is 19.2 Å². The van der Waals surface area contributed by atoms with E-state index in [1.54, 1.807) is 0 Å². The number of carbonyl (C=O) groups is 1. The van der Waals surface area contributed by atoms with E-state index in [0.717, 1.165) is 16.3 Å². The van der Waals surface area contributed by atoms with Crippen LogP contribution in [0.1, 0.15) is 5.56 Å². The Morgan fingerprint density at radius 2 is 1.84 bits per heavy atom. The Morgan fingerprint density at radius 3 is 2.68 bits per heavy atom. The minimum Gasteiger partial charge on any atom is -0.494 e. The molecule has 4 heteroatoms. The lowest BCUT2D eigenvalue weighted by Crippen LogP contribution is -2.19. The monoisotopic (exact) mass is 251 g/mol. The Kier molecular flexibility index (Phi) is 2.76. The van der Waals surface area contributed by atoms with Crippen LogP contribution in [0.2, 0.25) is 0 Å². The van der Waals surface area contributed by atoms with Crippen LogP contribution in [0.5, 0.6) is 0 Å². The fourth-order valence-electron chi connectivity index (χ4n) is 2.20. The summed E-state index contributed by atoms with van der Waals surface area (Å²) in [5.74, 6) is 0.0621. The van der Waals surface area contributed by atoms with E-state index in [1.807, 2.05) is 42.5 Å². The topological polar surface area (TPSA) is 52.8 Å². The van der Waals surface area contributed by atoms with Crippen molar-refractivity contribution in [3.05, 3.63) is 53.8 Å². The number of ether oxygens (including phenoxy) is 1. The van der Waals surface area contributed by atoms with Crippen molar-refractivity contribution in [3.8, 4) is 0 Å². The van der Waals surface area contributed by atoms with Crippen molar-refractivity contribution in [3.63, 3.8) is 0 Å². The minimum atomic E-state index is -0.379. The van der Waals surface area contributed by atoms with Gasteiger partial charge in [0, 0.05) is 0 Å². The average Bonchev–Trinajstić information content (AvgIpc) is 2.46. The number of carbonyl (C=O) groups excluding carboxylic acids is 1. The summed E-state index contributed by atoms with van der Waals surface area (Å²) < 4.78 is 5.23. The summed E-state index contributed by atoms with van der Waals surface area (Å²) in [4.78, 5) is 12.0. The Bertz CT molecular complexity index is 712.